The summed E-state index contributed by atoms with van der Waals surface area (Å²) in [6.45, 7) is 0.957. The second-order valence-electron chi connectivity index (χ2n) is 5.22. The maximum atomic E-state index is 5.85. The second kappa shape index (κ2) is 4.88. The number of aromatic nitrogens is 3. The van der Waals surface area contributed by atoms with Crippen LogP contribution in [0.5, 0.6) is 0 Å². The molecule has 2 saturated carbocycles. The Morgan fingerprint density at radius 3 is 2.28 bits per heavy atom. The third kappa shape index (κ3) is 2.83. The molecule has 2 aliphatic rings. The standard InChI is InChI=1S/C12H18ClN5/c1-14-11-16-10(13)17-12(18-11)15-6-9(7-2-3-7)8-4-5-8/h7-9H,2-6H2,1H3,(H2,14,15,16,17,18). The molecule has 1 aromatic rings. The van der Waals surface area contributed by atoms with Crippen LogP contribution in [-0.2, 0) is 0 Å². The fourth-order valence-corrected chi connectivity index (χ4v) is 2.68. The molecule has 0 amide bonds. The molecule has 0 spiro atoms. The number of nitrogens with zero attached hydrogens (tertiary/aromatic N) is 3. The van der Waals surface area contributed by atoms with Crippen LogP contribution in [0.25, 0.3) is 0 Å². The Morgan fingerprint density at radius 2 is 1.72 bits per heavy atom. The number of nitrogens with one attached hydrogen (secondary N) is 2. The lowest BCUT2D eigenvalue weighted by Crippen LogP contribution is -2.19. The van der Waals surface area contributed by atoms with E-state index < -0.39 is 0 Å². The molecular formula is C12H18ClN5. The lowest BCUT2D eigenvalue weighted by molar-refractivity contribution is 0.427. The Morgan fingerprint density at radius 1 is 1.11 bits per heavy atom. The summed E-state index contributed by atoms with van der Waals surface area (Å²) in [5.41, 5.74) is 0. The molecular weight excluding hydrogens is 250 g/mol. The summed E-state index contributed by atoms with van der Waals surface area (Å²) < 4.78 is 0. The molecule has 0 atom stereocenters. The van der Waals surface area contributed by atoms with Crippen molar-refractivity contribution in [3.8, 4) is 0 Å². The smallest absolute Gasteiger partial charge is 0.228 e. The zero-order valence-corrected chi connectivity index (χ0v) is 11.2. The Bertz CT molecular complexity index is 418. The van der Waals surface area contributed by atoms with E-state index in [1.165, 1.54) is 25.7 Å². The van der Waals surface area contributed by atoms with Gasteiger partial charge >= 0.3 is 0 Å². The van der Waals surface area contributed by atoms with Gasteiger partial charge in [-0.05, 0) is 55.0 Å². The summed E-state index contributed by atoms with van der Waals surface area (Å²) >= 11 is 5.85. The van der Waals surface area contributed by atoms with Crippen LogP contribution in [0, 0.1) is 17.8 Å². The summed E-state index contributed by atoms with van der Waals surface area (Å²) in [6.07, 6.45) is 5.57. The van der Waals surface area contributed by atoms with Gasteiger partial charge in [0.2, 0.25) is 17.2 Å². The largest absolute Gasteiger partial charge is 0.357 e. The lowest BCUT2D eigenvalue weighted by Gasteiger charge is -2.16. The van der Waals surface area contributed by atoms with E-state index in [4.69, 9.17) is 11.6 Å². The molecule has 5 nitrogen and oxygen atoms in total. The van der Waals surface area contributed by atoms with Crippen molar-refractivity contribution in [2.45, 2.75) is 25.7 Å². The molecule has 1 aromatic heterocycles. The average Bonchev–Trinajstić information content (AvgIpc) is 3.22. The van der Waals surface area contributed by atoms with E-state index in [2.05, 4.69) is 25.6 Å². The molecule has 2 fully saturated rings. The first kappa shape index (κ1) is 12.0. The van der Waals surface area contributed by atoms with Gasteiger partial charge in [-0.15, -0.1) is 0 Å². The molecule has 98 valence electrons. The molecule has 6 heteroatoms. The molecule has 18 heavy (non-hydrogen) atoms. The van der Waals surface area contributed by atoms with Crippen molar-refractivity contribution in [2.75, 3.05) is 24.2 Å². The van der Waals surface area contributed by atoms with Gasteiger partial charge in [0.05, 0.1) is 0 Å². The summed E-state index contributed by atoms with van der Waals surface area (Å²) in [6, 6.07) is 0. The minimum absolute atomic E-state index is 0.228. The molecule has 2 N–H and O–H groups in total. The highest BCUT2D eigenvalue weighted by Crippen LogP contribution is 2.49. The first-order chi connectivity index (χ1) is 8.76. The van der Waals surface area contributed by atoms with E-state index in [1.807, 2.05) is 0 Å². The van der Waals surface area contributed by atoms with Crippen molar-refractivity contribution in [3.05, 3.63) is 5.28 Å². The Kier molecular flexibility index (Phi) is 3.24. The predicted molar refractivity (Wildman–Crippen MR) is 71.8 cm³/mol. The highest BCUT2D eigenvalue weighted by atomic mass is 35.5. The van der Waals surface area contributed by atoms with Crippen LogP contribution in [0.3, 0.4) is 0 Å². The predicted octanol–water partition coefficient (Wildman–Crippen LogP) is 2.41. The van der Waals surface area contributed by atoms with Crippen LogP contribution in [0.2, 0.25) is 5.28 Å². The lowest BCUT2D eigenvalue weighted by atomic mass is 9.98. The van der Waals surface area contributed by atoms with Gasteiger partial charge in [0.1, 0.15) is 0 Å². The fraction of sp³-hybridized carbons (Fsp3) is 0.750. The fourth-order valence-electron chi connectivity index (χ4n) is 2.52. The monoisotopic (exact) mass is 267 g/mol. The normalized spacial score (nSPS) is 19.1. The number of rotatable bonds is 6. The highest BCUT2D eigenvalue weighted by Gasteiger charge is 2.41. The van der Waals surface area contributed by atoms with Crippen molar-refractivity contribution in [1.82, 2.24) is 15.0 Å². The molecule has 0 bridgehead atoms. The van der Waals surface area contributed by atoms with E-state index in [0.717, 1.165) is 24.3 Å². The number of anilines is 2. The zero-order valence-electron chi connectivity index (χ0n) is 10.5. The SMILES string of the molecule is CNc1nc(Cl)nc(NCC(C2CC2)C2CC2)n1. The molecule has 0 unspecified atom stereocenters. The van der Waals surface area contributed by atoms with Gasteiger partial charge in [0.15, 0.2) is 0 Å². The molecule has 3 rings (SSSR count). The highest BCUT2D eigenvalue weighted by molar-refractivity contribution is 6.28. The van der Waals surface area contributed by atoms with Gasteiger partial charge < -0.3 is 10.6 Å². The Balaban J connectivity index is 1.62. The maximum Gasteiger partial charge on any atom is 0.228 e. The van der Waals surface area contributed by atoms with Gasteiger partial charge in [-0.2, -0.15) is 15.0 Å². The van der Waals surface area contributed by atoms with Crippen LogP contribution in [0.1, 0.15) is 25.7 Å². The van der Waals surface area contributed by atoms with Gasteiger partial charge in [0.25, 0.3) is 0 Å². The Labute approximate surface area is 112 Å². The molecule has 0 aliphatic heterocycles. The van der Waals surface area contributed by atoms with E-state index in [-0.39, 0.29) is 5.28 Å². The molecule has 0 saturated heterocycles. The van der Waals surface area contributed by atoms with Crippen molar-refractivity contribution in [3.63, 3.8) is 0 Å². The van der Waals surface area contributed by atoms with Gasteiger partial charge in [-0.25, -0.2) is 0 Å². The van der Waals surface area contributed by atoms with Crippen molar-refractivity contribution < 1.29 is 0 Å². The van der Waals surface area contributed by atoms with Gasteiger partial charge in [-0.1, -0.05) is 0 Å². The first-order valence-electron chi connectivity index (χ1n) is 6.59. The van der Waals surface area contributed by atoms with Crippen LogP contribution in [0.15, 0.2) is 0 Å². The van der Waals surface area contributed by atoms with E-state index >= 15 is 0 Å². The second-order valence-corrected chi connectivity index (χ2v) is 5.56. The quantitative estimate of drug-likeness (QED) is 0.829. The molecule has 1 heterocycles. The summed E-state index contributed by atoms with van der Waals surface area (Å²) in [4.78, 5) is 12.3. The minimum Gasteiger partial charge on any atom is -0.357 e. The average molecular weight is 268 g/mol. The van der Waals surface area contributed by atoms with E-state index in [1.54, 1.807) is 7.05 Å². The molecule has 0 radical (unpaired) electrons. The van der Waals surface area contributed by atoms with Crippen LogP contribution in [-0.4, -0.2) is 28.5 Å². The van der Waals surface area contributed by atoms with Crippen LogP contribution >= 0.6 is 11.6 Å². The maximum absolute atomic E-state index is 5.85. The topological polar surface area (TPSA) is 62.7 Å². The first-order valence-corrected chi connectivity index (χ1v) is 6.97. The van der Waals surface area contributed by atoms with E-state index in [9.17, 15) is 0 Å². The van der Waals surface area contributed by atoms with Crippen molar-refractivity contribution >= 4 is 23.5 Å². The summed E-state index contributed by atoms with van der Waals surface area (Å²) in [5.74, 6) is 3.72. The number of halogens is 1. The van der Waals surface area contributed by atoms with E-state index in [0.29, 0.717) is 11.9 Å². The van der Waals surface area contributed by atoms with Crippen molar-refractivity contribution in [1.29, 1.82) is 0 Å². The third-order valence-corrected chi connectivity index (χ3v) is 3.95. The zero-order chi connectivity index (χ0) is 12.5. The van der Waals surface area contributed by atoms with Crippen LogP contribution in [0.4, 0.5) is 11.9 Å². The number of hydrogen-bond acceptors (Lipinski definition) is 5. The van der Waals surface area contributed by atoms with Crippen molar-refractivity contribution in [2.24, 2.45) is 17.8 Å². The number of hydrogen-bond donors (Lipinski definition) is 2. The third-order valence-electron chi connectivity index (χ3n) is 3.78. The molecule has 2 aliphatic carbocycles. The summed E-state index contributed by atoms with van der Waals surface area (Å²) in [5, 5.41) is 6.42. The Hall–Kier alpha value is -1.10. The van der Waals surface area contributed by atoms with Crippen LogP contribution < -0.4 is 10.6 Å². The van der Waals surface area contributed by atoms with Gasteiger partial charge in [0, 0.05) is 13.6 Å². The van der Waals surface area contributed by atoms with Gasteiger partial charge in [-0.3, -0.25) is 0 Å². The molecule has 0 aromatic carbocycles. The summed E-state index contributed by atoms with van der Waals surface area (Å²) in [7, 11) is 1.77. The minimum atomic E-state index is 0.228.